The second kappa shape index (κ2) is 6.68. The van der Waals surface area contributed by atoms with Crippen molar-refractivity contribution in [3.63, 3.8) is 0 Å². The van der Waals surface area contributed by atoms with Crippen LogP contribution in [0.1, 0.15) is 17.3 Å². The Bertz CT molecular complexity index is 693. The molecular weight excluding hydrogens is 316 g/mol. The van der Waals surface area contributed by atoms with Crippen molar-refractivity contribution in [1.82, 2.24) is 0 Å². The molecule has 7 heteroatoms. The largest absolute Gasteiger partial charge is 0.573 e. The number of alkyl halides is 3. The first-order valence-corrected chi connectivity index (χ1v) is 6.63. The summed E-state index contributed by atoms with van der Waals surface area (Å²) >= 11 is 0. The number of hydrogen-bond acceptors (Lipinski definition) is 3. The number of hydrogen-bond donors (Lipinski definition) is 0. The van der Waals surface area contributed by atoms with E-state index in [0.29, 0.717) is 0 Å². The van der Waals surface area contributed by atoms with Gasteiger partial charge in [-0.1, -0.05) is 18.2 Å². The first kappa shape index (κ1) is 16.8. The minimum atomic E-state index is -4.81. The standard InChI is InChI=1S/C16H12F4O3/c1-2-22-15(21)12-4-3-5-13(17)14(12)10-6-8-11(9-7-10)23-16(18,19)20/h3-9H,2H2,1H3. The monoisotopic (exact) mass is 328 g/mol. The van der Waals surface area contributed by atoms with E-state index in [0.717, 1.165) is 18.2 Å². The van der Waals surface area contributed by atoms with Gasteiger partial charge < -0.3 is 9.47 Å². The molecule has 122 valence electrons. The minimum absolute atomic E-state index is 0.00339. The predicted molar refractivity (Wildman–Crippen MR) is 74.5 cm³/mol. The summed E-state index contributed by atoms with van der Waals surface area (Å²) in [7, 11) is 0. The third-order valence-electron chi connectivity index (χ3n) is 2.89. The smallest absolute Gasteiger partial charge is 0.462 e. The fourth-order valence-electron chi connectivity index (χ4n) is 2.02. The molecule has 0 aliphatic carbocycles. The van der Waals surface area contributed by atoms with Crippen LogP contribution in [0.5, 0.6) is 5.75 Å². The van der Waals surface area contributed by atoms with Crippen molar-refractivity contribution < 1.29 is 31.8 Å². The highest BCUT2D eigenvalue weighted by Gasteiger charge is 2.31. The predicted octanol–water partition coefficient (Wildman–Crippen LogP) is 4.57. The topological polar surface area (TPSA) is 35.5 Å². The maximum atomic E-state index is 14.1. The summed E-state index contributed by atoms with van der Waals surface area (Å²) < 4.78 is 59.1. The molecule has 2 aromatic carbocycles. The third kappa shape index (κ3) is 4.21. The minimum Gasteiger partial charge on any atom is -0.462 e. The lowest BCUT2D eigenvalue weighted by Gasteiger charge is -2.12. The maximum Gasteiger partial charge on any atom is 0.573 e. The van der Waals surface area contributed by atoms with Gasteiger partial charge in [0.2, 0.25) is 0 Å². The van der Waals surface area contributed by atoms with Crippen molar-refractivity contribution in [3.05, 3.63) is 53.8 Å². The lowest BCUT2D eigenvalue weighted by molar-refractivity contribution is -0.274. The van der Waals surface area contributed by atoms with E-state index in [9.17, 15) is 22.4 Å². The molecule has 0 saturated carbocycles. The highest BCUT2D eigenvalue weighted by atomic mass is 19.4. The van der Waals surface area contributed by atoms with E-state index < -0.39 is 23.9 Å². The van der Waals surface area contributed by atoms with Crippen LogP contribution in [0.3, 0.4) is 0 Å². The van der Waals surface area contributed by atoms with Crippen molar-refractivity contribution in [2.24, 2.45) is 0 Å². The van der Waals surface area contributed by atoms with E-state index in [2.05, 4.69) is 4.74 Å². The second-order valence-corrected chi connectivity index (χ2v) is 4.46. The zero-order valence-corrected chi connectivity index (χ0v) is 12.0. The lowest BCUT2D eigenvalue weighted by atomic mass is 9.99. The van der Waals surface area contributed by atoms with Crippen LogP contribution in [0.4, 0.5) is 17.6 Å². The Hall–Kier alpha value is -2.57. The molecule has 23 heavy (non-hydrogen) atoms. The summed E-state index contributed by atoms with van der Waals surface area (Å²) in [5, 5.41) is 0. The molecule has 0 fully saturated rings. The van der Waals surface area contributed by atoms with Gasteiger partial charge in [-0.15, -0.1) is 13.2 Å². The van der Waals surface area contributed by atoms with Crippen LogP contribution >= 0.6 is 0 Å². The average Bonchev–Trinajstić information content (AvgIpc) is 2.47. The van der Waals surface area contributed by atoms with Crippen molar-refractivity contribution in [2.45, 2.75) is 13.3 Å². The average molecular weight is 328 g/mol. The quantitative estimate of drug-likeness (QED) is 0.609. The number of rotatable bonds is 4. The van der Waals surface area contributed by atoms with E-state index in [1.165, 1.54) is 24.3 Å². The van der Waals surface area contributed by atoms with Gasteiger partial charge in [0.1, 0.15) is 11.6 Å². The highest BCUT2D eigenvalue weighted by molar-refractivity contribution is 5.97. The highest BCUT2D eigenvalue weighted by Crippen LogP contribution is 2.30. The maximum absolute atomic E-state index is 14.1. The van der Waals surface area contributed by atoms with Crippen LogP contribution in [0, 0.1) is 5.82 Å². The Balaban J connectivity index is 2.40. The Labute approximate surface area is 129 Å². The summed E-state index contributed by atoms with van der Waals surface area (Å²) in [6, 6.07) is 8.46. The van der Waals surface area contributed by atoms with Crippen molar-refractivity contribution >= 4 is 5.97 Å². The first-order chi connectivity index (χ1) is 10.8. The molecular formula is C16H12F4O3. The van der Waals surface area contributed by atoms with Crippen molar-refractivity contribution in [1.29, 1.82) is 0 Å². The van der Waals surface area contributed by atoms with E-state index in [4.69, 9.17) is 4.74 Å². The molecule has 0 bridgehead atoms. The Morgan fingerprint density at radius 2 is 1.74 bits per heavy atom. The van der Waals surface area contributed by atoms with E-state index in [1.807, 2.05) is 0 Å². The zero-order valence-electron chi connectivity index (χ0n) is 12.0. The van der Waals surface area contributed by atoms with Gasteiger partial charge in [0, 0.05) is 5.56 Å². The number of benzene rings is 2. The molecule has 0 amide bonds. The molecule has 0 heterocycles. The molecule has 0 unspecified atom stereocenters. The Morgan fingerprint density at radius 1 is 1.09 bits per heavy atom. The summed E-state index contributed by atoms with van der Waals surface area (Å²) in [6.45, 7) is 1.73. The summed E-state index contributed by atoms with van der Waals surface area (Å²) in [5.74, 6) is -1.83. The summed E-state index contributed by atoms with van der Waals surface area (Å²) in [5.41, 5.74) is 0.196. The molecule has 0 aromatic heterocycles. The first-order valence-electron chi connectivity index (χ1n) is 6.63. The fraction of sp³-hybridized carbons (Fsp3) is 0.188. The molecule has 0 saturated heterocycles. The van der Waals surface area contributed by atoms with Crippen LogP contribution in [0.2, 0.25) is 0 Å². The zero-order chi connectivity index (χ0) is 17.0. The van der Waals surface area contributed by atoms with Crippen LogP contribution in [-0.2, 0) is 4.74 Å². The number of esters is 1. The molecule has 0 radical (unpaired) electrons. The lowest BCUT2D eigenvalue weighted by Crippen LogP contribution is -2.17. The molecule has 0 aliphatic rings. The number of ether oxygens (including phenoxy) is 2. The number of carbonyl (C=O) groups excluding carboxylic acids is 1. The van der Waals surface area contributed by atoms with Gasteiger partial charge >= 0.3 is 12.3 Å². The van der Waals surface area contributed by atoms with Crippen molar-refractivity contribution in [3.8, 4) is 16.9 Å². The van der Waals surface area contributed by atoms with Gasteiger partial charge in [-0.3, -0.25) is 0 Å². The van der Waals surface area contributed by atoms with Gasteiger partial charge in [-0.05, 0) is 36.8 Å². The molecule has 0 aliphatic heterocycles. The molecule has 2 aromatic rings. The van der Waals surface area contributed by atoms with Crippen LogP contribution in [0.25, 0.3) is 11.1 Å². The molecule has 0 atom stereocenters. The van der Waals surface area contributed by atoms with E-state index >= 15 is 0 Å². The van der Waals surface area contributed by atoms with Gasteiger partial charge in [0.15, 0.2) is 0 Å². The van der Waals surface area contributed by atoms with Crippen LogP contribution < -0.4 is 4.74 Å². The second-order valence-electron chi connectivity index (χ2n) is 4.46. The van der Waals surface area contributed by atoms with Gasteiger partial charge in [0.05, 0.1) is 12.2 Å². The molecule has 0 spiro atoms. The number of carbonyl (C=O) groups is 1. The molecule has 0 N–H and O–H groups in total. The van der Waals surface area contributed by atoms with Gasteiger partial charge in [-0.2, -0.15) is 0 Å². The van der Waals surface area contributed by atoms with Gasteiger partial charge in [0.25, 0.3) is 0 Å². The molecule has 2 rings (SSSR count). The van der Waals surface area contributed by atoms with E-state index in [-0.39, 0.29) is 23.3 Å². The SMILES string of the molecule is CCOC(=O)c1cccc(F)c1-c1ccc(OC(F)(F)F)cc1. The third-order valence-corrected chi connectivity index (χ3v) is 2.89. The molecule has 3 nitrogen and oxygen atoms in total. The normalized spacial score (nSPS) is 11.2. The Kier molecular flexibility index (Phi) is 4.88. The van der Waals surface area contributed by atoms with Crippen LogP contribution in [-0.4, -0.2) is 18.9 Å². The van der Waals surface area contributed by atoms with Crippen molar-refractivity contribution in [2.75, 3.05) is 6.61 Å². The van der Waals surface area contributed by atoms with E-state index in [1.54, 1.807) is 6.92 Å². The van der Waals surface area contributed by atoms with Crippen LogP contribution in [0.15, 0.2) is 42.5 Å². The fourth-order valence-corrected chi connectivity index (χ4v) is 2.02. The Morgan fingerprint density at radius 3 is 2.30 bits per heavy atom. The summed E-state index contributed by atoms with van der Waals surface area (Å²) in [6.07, 6.45) is -4.81. The summed E-state index contributed by atoms with van der Waals surface area (Å²) in [4.78, 5) is 11.9. The van der Waals surface area contributed by atoms with Gasteiger partial charge in [-0.25, -0.2) is 9.18 Å². The number of halogens is 4.